The number of allylic oxidation sites excluding steroid dienone is 1. The van der Waals surface area contributed by atoms with Gasteiger partial charge in [-0.2, -0.15) is 5.26 Å². The summed E-state index contributed by atoms with van der Waals surface area (Å²) in [4.78, 5) is 27.4. The first kappa shape index (κ1) is 20.9. The maximum Gasteiger partial charge on any atom is 0.327 e. The van der Waals surface area contributed by atoms with Crippen LogP contribution in [0.1, 0.15) is 42.0 Å². The van der Waals surface area contributed by atoms with E-state index in [9.17, 15) is 22.6 Å². The van der Waals surface area contributed by atoms with Gasteiger partial charge in [0.2, 0.25) is 0 Å². The van der Waals surface area contributed by atoms with Gasteiger partial charge in [0, 0.05) is 34.4 Å². The number of nitrogens with one attached hydrogen (secondary N) is 1. The van der Waals surface area contributed by atoms with Crippen molar-refractivity contribution in [2.24, 2.45) is 0 Å². The van der Waals surface area contributed by atoms with Crippen molar-refractivity contribution >= 4 is 28.3 Å². The Labute approximate surface area is 179 Å². The van der Waals surface area contributed by atoms with Crippen LogP contribution >= 0.6 is 0 Å². The molecule has 0 saturated heterocycles. The summed E-state index contributed by atoms with van der Waals surface area (Å²) in [7, 11) is -1.47. The summed E-state index contributed by atoms with van der Waals surface area (Å²) in [6.07, 6.45) is -0.766. The molecule has 2 aromatic rings. The predicted octanol–water partition coefficient (Wildman–Crippen LogP) is 4.12. The summed E-state index contributed by atoms with van der Waals surface area (Å²) < 4.78 is 38.7. The Morgan fingerprint density at radius 3 is 2.65 bits per heavy atom. The average molecular weight is 441 g/mol. The summed E-state index contributed by atoms with van der Waals surface area (Å²) >= 11 is 0. The number of ketones is 1. The second-order valence-corrected chi connectivity index (χ2v) is 8.56. The minimum atomic E-state index is -2.69. The lowest BCUT2D eigenvalue weighted by Gasteiger charge is -2.35. The van der Waals surface area contributed by atoms with Gasteiger partial charge in [0.05, 0.1) is 34.2 Å². The van der Waals surface area contributed by atoms with Crippen LogP contribution in [-0.4, -0.2) is 22.3 Å². The standard InChI is InChI=1S/C22H17F2N3O3S/c1-31(30)18-9-12(11-25)5-6-15(18)20-19-16(7-8-17(19)28)27(22(29)26-20)14-4-2-3-13(10-14)21(23)24/h2-6,9-10,20-21H,7-8H2,1H3,(H,26,29)/t20-,31?/m1/s1. The third kappa shape index (κ3) is 3.64. The number of nitriles is 1. The van der Waals surface area contributed by atoms with Gasteiger partial charge in [-0.05, 0) is 36.2 Å². The number of nitrogens with zero attached hydrogens (tertiary/aromatic N) is 2. The van der Waals surface area contributed by atoms with Gasteiger partial charge >= 0.3 is 6.03 Å². The van der Waals surface area contributed by atoms with Crippen LogP contribution in [0.2, 0.25) is 0 Å². The number of rotatable bonds is 4. The molecule has 0 spiro atoms. The average Bonchev–Trinajstić information content (AvgIpc) is 3.14. The first-order valence-corrected chi connectivity index (χ1v) is 11.0. The lowest BCUT2D eigenvalue weighted by atomic mass is 9.94. The van der Waals surface area contributed by atoms with Crippen LogP contribution in [0.3, 0.4) is 0 Å². The summed E-state index contributed by atoms with van der Waals surface area (Å²) in [6.45, 7) is 0. The van der Waals surface area contributed by atoms with Gasteiger partial charge in [-0.3, -0.25) is 13.9 Å². The van der Waals surface area contributed by atoms with Crippen LogP contribution in [0.25, 0.3) is 0 Å². The first-order valence-electron chi connectivity index (χ1n) is 9.44. The van der Waals surface area contributed by atoms with Crippen molar-refractivity contribution in [1.29, 1.82) is 5.26 Å². The normalized spacial score (nSPS) is 19.3. The molecule has 1 aliphatic heterocycles. The molecule has 1 unspecified atom stereocenters. The second kappa shape index (κ2) is 8.04. The summed E-state index contributed by atoms with van der Waals surface area (Å²) in [5.74, 6) is -0.174. The second-order valence-electron chi connectivity index (χ2n) is 7.22. The largest absolute Gasteiger partial charge is 0.327 e. The van der Waals surface area contributed by atoms with Gasteiger partial charge < -0.3 is 5.32 Å². The lowest BCUT2D eigenvalue weighted by molar-refractivity contribution is -0.115. The number of Topliss-reactive ketones (excluding diaryl/α,β-unsaturated/α-hetero) is 1. The predicted molar refractivity (Wildman–Crippen MR) is 110 cm³/mol. The monoisotopic (exact) mass is 441 g/mol. The van der Waals surface area contributed by atoms with E-state index in [1.807, 2.05) is 6.07 Å². The van der Waals surface area contributed by atoms with Crippen LogP contribution in [0.15, 0.2) is 58.6 Å². The molecule has 2 aliphatic rings. The number of hydrogen-bond acceptors (Lipinski definition) is 4. The van der Waals surface area contributed by atoms with E-state index in [0.717, 1.165) is 0 Å². The highest BCUT2D eigenvalue weighted by molar-refractivity contribution is 7.84. The molecule has 0 radical (unpaired) electrons. The Kier molecular flexibility index (Phi) is 5.41. The van der Waals surface area contributed by atoms with Gasteiger partial charge in [0.25, 0.3) is 6.43 Å². The molecule has 6 nitrogen and oxygen atoms in total. The van der Waals surface area contributed by atoms with E-state index in [2.05, 4.69) is 5.32 Å². The number of benzene rings is 2. The Balaban J connectivity index is 1.86. The molecule has 0 bridgehead atoms. The van der Waals surface area contributed by atoms with E-state index >= 15 is 0 Å². The smallest absolute Gasteiger partial charge is 0.326 e. The fraction of sp³-hybridized carbons (Fsp3) is 0.227. The van der Waals surface area contributed by atoms with Crippen molar-refractivity contribution in [2.45, 2.75) is 30.2 Å². The van der Waals surface area contributed by atoms with E-state index in [1.165, 1.54) is 47.6 Å². The first-order chi connectivity index (χ1) is 14.8. The van der Waals surface area contributed by atoms with Crippen molar-refractivity contribution in [3.05, 3.63) is 70.4 Å². The number of urea groups is 1. The lowest BCUT2D eigenvalue weighted by Crippen LogP contribution is -2.47. The fourth-order valence-electron chi connectivity index (χ4n) is 4.00. The maximum atomic E-state index is 13.2. The molecule has 0 fully saturated rings. The molecule has 1 aliphatic carbocycles. The molecule has 2 amide bonds. The quantitative estimate of drug-likeness (QED) is 0.773. The van der Waals surface area contributed by atoms with Crippen molar-refractivity contribution in [2.75, 3.05) is 11.2 Å². The van der Waals surface area contributed by atoms with Crippen LogP contribution in [0.5, 0.6) is 0 Å². The molecule has 1 N–H and O–H groups in total. The number of carbonyl (C=O) groups is 2. The Morgan fingerprint density at radius 1 is 1.19 bits per heavy atom. The van der Waals surface area contributed by atoms with Gasteiger partial charge in [-0.15, -0.1) is 0 Å². The summed E-state index contributed by atoms with van der Waals surface area (Å²) in [6, 6.07) is 10.7. The highest BCUT2D eigenvalue weighted by Crippen LogP contribution is 2.42. The number of alkyl halides is 2. The SMILES string of the molecule is CS(=O)c1cc(C#N)ccc1[C@H]1NC(=O)N(c2cccc(C(F)F)c2)C2=C1C(=O)CC2. The zero-order valence-corrected chi connectivity index (χ0v) is 17.2. The van der Waals surface area contributed by atoms with Crippen molar-refractivity contribution < 1.29 is 22.6 Å². The zero-order valence-electron chi connectivity index (χ0n) is 16.4. The van der Waals surface area contributed by atoms with Crippen molar-refractivity contribution in [1.82, 2.24) is 5.32 Å². The van der Waals surface area contributed by atoms with E-state index in [0.29, 0.717) is 27.3 Å². The molecule has 31 heavy (non-hydrogen) atoms. The molecule has 2 atom stereocenters. The summed E-state index contributed by atoms with van der Waals surface area (Å²) in [5.41, 5.74) is 1.59. The van der Waals surface area contributed by atoms with Gasteiger partial charge in [0.1, 0.15) is 0 Å². The third-order valence-electron chi connectivity index (χ3n) is 5.37. The number of halogens is 2. The van der Waals surface area contributed by atoms with E-state index in [4.69, 9.17) is 5.26 Å². The summed E-state index contributed by atoms with van der Waals surface area (Å²) in [5, 5.41) is 11.9. The Bertz CT molecular complexity index is 1200. The zero-order chi connectivity index (χ0) is 22.3. The van der Waals surface area contributed by atoms with Crippen LogP contribution in [0, 0.1) is 11.3 Å². The number of hydrogen-bond donors (Lipinski definition) is 1. The molecule has 9 heteroatoms. The molecule has 4 rings (SSSR count). The van der Waals surface area contributed by atoms with Gasteiger partial charge in [-0.1, -0.05) is 18.2 Å². The molecule has 0 saturated carbocycles. The topological polar surface area (TPSA) is 90.3 Å². The minimum Gasteiger partial charge on any atom is -0.326 e. The van der Waals surface area contributed by atoms with Gasteiger partial charge in [-0.25, -0.2) is 13.6 Å². The van der Waals surface area contributed by atoms with E-state index in [-0.39, 0.29) is 29.9 Å². The number of carbonyl (C=O) groups excluding carboxylic acids is 2. The molecule has 1 heterocycles. The van der Waals surface area contributed by atoms with Crippen molar-refractivity contribution in [3.8, 4) is 6.07 Å². The number of amides is 2. The number of anilines is 1. The van der Waals surface area contributed by atoms with Gasteiger partial charge in [0.15, 0.2) is 5.78 Å². The minimum absolute atomic E-state index is 0.174. The van der Waals surface area contributed by atoms with Crippen LogP contribution in [0.4, 0.5) is 19.3 Å². The van der Waals surface area contributed by atoms with Crippen molar-refractivity contribution in [3.63, 3.8) is 0 Å². The van der Waals surface area contributed by atoms with E-state index in [1.54, 1.807) is 6.07 Å². The highest BCUT2D eigenvalue weighted by atomic mass is 32.2. The Hall–Kier alpha value is -3.38. The van der Waals surface area contributed by atoms with E-state index < -0.39 is 29.3 Å². The molecule has 158 valence electrons. The highest BCUT2D eigenvalue weighted by Gasteiger charge is 2.42. The van der Waals surface area contributed by atoms with Crippen LogP contribution < -0.4 is 10.2 Å². The maximum absolute atomic E-state index is 13.2. The third-order valence-corrected chi connectivity index (χ3v) is 6.35. The Morgan fingerprint density at radius 2 is 1.97 bits per heavy atom. The molecule has 0 aromatic heterocycles. The fourth-order valence-corrected chi connectivity index (χ4v) is 4.81. The molecular formula is C22H17F2N3O3S. The van der Waals surface area contributed by atoms with Crippen LogP contribution in [-0.2, 0) is 15.6 Å². The molecular weight excluding hydrogens is 424 g/mol. The molecule has 2 aromatic carbocycles.